The lowest BCUT2D eigenvalue weighted by atomic mass is 10.2. The van der Waals surface area contributed by atoms with Crippen molar-refractivity contribution in [2.45, 2.75) is 32.4 Å². The molecular weight excluding hydrogens is 423 g/mol. The number of hydrogen-bond acceptors (Lipinski definition) is 5. The smallest absolute Gasteiger partial charge is 0.191 e. The Morgan fingerprint density at radius 2 is 2.12 bits per heavy atom. The summed E-state index contributed by atoms with van der Waals surface area (Å²) in [5.41, 5.74) is 0. The van der Waals surface area contributed by atoms with Gasteiger partial charge in [0, 0.05) is 52.5 Å². The molecule has 8 heteroatoms. The van der Waals surface area contributed by atoms with Crippen molar-refractivity contribution in [3.63, 3.8) is 0 Å². The third-order valence-electron chi connectivity index (χ3n) is 3.96. The van der Waals surface area contributed by atoms with E-state index in [9.17, 15) is 0 Å². The van der Waals surface area contributed by atoms with Gasteiger partial charge >= 0.3 is 0 Å². The topological polar surface area (TPSA) is 67.4 Å². The molecule has 144 valence electrons. The zero-order chi connectivity index (χ0) is 16.9. The van der Waals surface area contributed by atoms with Crippen molar-refractivity contribution in [3.05, 3.63) is 0 Å². The molecule has 1 fully saturated rings. The maximum absolute atomic E-state index is 5.49. The fourth-order valence-corrected chi connectivity index (χ4v) is 2.60. The number of morpholine rings is 1. The molecule has 7 nitrogen and oxygen atoms in total. The second-order valence-electron chi connectivity index (χ2n) is 5.85. The normalized spacial score (nSPS) is 20.3. The molecule has 1 saturated heterocycles. The zero-order valence-corrected chi connectivity index (χ0v) is 17.9. The minimum absolute atomic E-state index is 0. The molecule has 0 amide bonds. The van der Waals surface area contributed by atoms with Gasteiger partial charge < -0.3 is 24.8 Å². The second-order valence-corrected chi connectivity index (χ2v) is 5.85. The first-order valence-electron chi connectivity index (χ1n) is 8.53. The van der Waals surface area contributed by atoms with E-state index in [-0.39, 0.29) is 24.0 Å². The lowest BCUT2D eigenvalue weighted by Gasteiger charge is -2.38. The highest BCUT2D eigenvalue weighted by Gasteiger charge is 2.23. The third-order valence-corrected chi connectivity index (χ3v) is 3.96. The first-order chi connectivity index (χ1) is 11.2. The van der Waals surface area contributed by atoms with Crippen molar-refractivity contribution >= 4 is 29.9 Å². The third kappa shape index (κ3) is 9.97. The van der Waals surface area contributed by atoms with E-state index in [1.54, 1.807) is 14.2 Å². The van der Waals surface area contributed by atoms with Crippen LogP contribution in [0.5, 0.6) is 0 Å². The van der Waals surface area contributed by atoms with Crippen molar-refractivity contribution in [1.82, 2.24) is 15.5 Å². The first-order valence-corrected chi connectivity index (χ1v) is 8.53. The van der Waals surface area contributed by atoms with Gasteiger partial charge in [0.1, 0.15) is 0 Å². The number of halogens is 1. The molecular formula is C16H35IN4O3. The maximum atomic E-state index is 5.49. The van der Waals surface area contributed by atoms with Gasteiger partial charge in [-0.15, -0.1) is 24.0 Å². The monoisotopic (exact) mass is 458 g/mol. The van der Waals surface area contributed by atoms with Crippen LogP contribution in [0.2, 0.25) is 0 Å². The predicted molar refractivity (Wildman–Crippen MR) is 109 cm³/mol. The van der Waals surface area contributed by atoms with Gasteiger partial charge in [-0.25, -0.2) is 0 Å². The number of hydrogen-bond donors (Lipinski definition) is 2. The van der Waals surface area contributed by atoms with E-state index < -0.39 is 0 Å². The summed E-state index contributed by atoms with van der Waals surface area (Å²) < 4.78 is 15.9. The average molecular weight is 458 g/mol. The summed E-state index contributed by atoms with van der Waals surface area (Å²) in [7, 11) is 3.48. The molecule has 2 N–H and O–H groups in total. The largest absolute Gasteiger partial charge is 0.382 e. The molecule has 0 spiro atoms. The van der Waals surface area contributed by atoms with Gasteiger partial charge in [-0.2, -0.15) is 0 Å². The number of nitrogens with zero attached hydrogens (tertiary/aromatic N) is 2. The number of nitrogens with one attached hydrogen (secondary N) is 2. The molecule has 0 radical (unpaired) electrons. The molecule has 1 aliphatic rings. The van der Waals surface area contributed by atoms with Crippen molar-refractivity contribution in [3.8, 4) is 0 Å². The zero-order valence-electron chi connectivity index (χ0n) is 15.5. The van der Waals surface area contributed by atoms with Gasteiger partial charge in [-0.05, 0) is 20.3 Å². The molecule has 2 unspecified atom stereocenters. The van der Waals surface area contributed by atoms with Crippen LogP contribution >= 0.6 is 24.0 Å². The van der Waals surface area contributed by atoms with Crippen LogP contribution in [0.1, 0.15) is 20.3 Å². The Labute approximate surface area is 163 Å². The Morgan fingerprint density at radius 3 is 2.79 bits per heavy atom. The van der Waals surface area contributed by atoms with Crippen molar-refractivity contribution in [2.75, 3.05) is 66.8 Å². The summed E-state index contributed by atoms with van der Waals surface area (Å²) >= 11 is 0. The summed E-state index contributed by atoms with van der Waals surface area (Å²) in [6.07, 6.45) is 0.945. The van der Waals surface area contributed by atoms with E-state index in [0.29, 0.717) is 25.3 Å². The number of aliphatic imine (C=N–C) groups is 1. The molecule has 0 aromatic heterocycles. The van der Waals surface area contributed by atoms with Gasteiger partial charge in [0.25, 0.3) is 0 Å². The van der Waals surface area contributed by atoms with Crippen LogP contribution < -0.4 is 10.6 Å². The lowest BCUT2D eigenvalue weighted by Crippen LogP contribution is -2.53. The Balaban J connectivity index is 0.00000529. The average Bonchev–Trinajstić information content (AvgIpc) is 2.57. The van der Waals surface area contributed by atoms with E-state index in [4.69, 9.17) is 14.2 Å². The standard InChI is InChI=1S/C16H34N4O3.HI/c1-14(20-7-9-23-13-15(20)2)12-19-16(17-3)18-6-5-8-22-11-10-21-4;/h14-15H,5-13H2,1-4H3,(H2,17,18,19);1H. The minimum atomic E-state index is 0. The van der Waals surface area contributed by atoms with Crippen LogP contribution in [-0.2, 0) is 14.2 Å². The molecule has 0 bridgehead atoms. The maximum Gasteiger partial charge on any atom is 0.191 e. The van der Waals surface area contributed by atoms with Gasteiger partial charge in [0.2, 0.25) is 0 Å². The summed E-state index contributed by atoms with van der Waals surface area (Å²) in [5, 5.41) is 6.71. The molecule has 0 aromatic carbocycles. The fourth-order valence-electron chi connectivity index (χ4n) is 2.60. The number of rotatable bonds is 10. The molecule has 2 atom stereocenters. The molecule has 1 heterocycles. The van der Waals surface area contributed by atoms with Crippen LogP contribution in [0.4, 0.5) is 0 Å². The molecule has 1 rings (SSSR count). The quantitative estimate of drug-likeness (QED) is 0.220. The molecule has 0 saturated carbocycles. The van der Waals surface area contributed by atoms with Crippen LogP contribution in [0.15, 0.2) is 4.99 Å². The van der Waals surface area contributed by atoms with Crippen LogP contribution in [0, 0.1) is 0 Å². The Bertz CT molecular complexity index is 334. The Morgan fingerprint density at radius 1 is 1.33 bits per heavy atom. The Kier molecular flexibility index (Phi) is 15.0. The highest BCUT2D eigenvalue weighted by molar-refractivity contribution is 14.0. The van der Waals surface area contributed by atoms with Crippen molar-refractivity contribution in [1.29, 1.82) is 0 Å². The van der Waals surface area contributed by atoms with Gasteiger partial charge in [-0.3, -0.25) is 9.89 Å². The number of guanidine groups is 1. The van der Waals surface area contributed by atoms with Crippen molar-refractivity contribution in [2.24, 2.45) is 4.99 Å². The van der Waals surface area contributed by atoms with Crippen molar-refractivity contribution < 1.29 is 14.2 Å². The van der Waals surface area contributed by atoms with E-state index in [0.717, 1.165) is 51.8 Å². The summed E-state index contributed by atoms with van der Waals surface area (Å²) in [6, 6.07) is 0.921. The highest BCUT2D eigenvalue weighted by atomic mass is 127. The second kappa shape index (κ2) is 15.1. The molecule has 0 aliphatic carbocycles. The lowest BCUT2D eigenvalue weighted by molar-refractivity contribution is -0.0174. The first kappa shape index (κ1) is 23.8. The van der Waals surface area contributed by atoms with Gasteiger partial charge in [0.15, 0.2) is 5.96 Å². The number of ether oxygens (including phenoxy) is 3. The molecule has 0 aromatic rings. The van der Waals surface area contributed by atoms with Crippen LogP contribution in [0.3, 0.4) is 0 Å². The fraction of sp³-hybridized carbons (Fsp3) is 0.938. The van der Waals surface area contributed by atoms with Crippen LogP contribution in [0.25, 0.3) is 0 Å². The summed E-state index contributed by atoms with van der Waals surface area (Å²) in [5.74, 6) is 0.842. The van der Waals surface area contributed by atoms with Gasteiger partial charge in [0.05, 0.1) is 26.4 Å². The summed E-state index contributed by atoms with van der Waals surface area (Å²) in [4.78, 5) is 6.74. The highest BCUT2D eigenvalue weighted by Crippen LogP contribution is 2.09. The van der Waals surface area contributed by atoms with Gasteiger partial charge in [-0.1, -0.05) is 0 Å². The van der Waals surface area contributed by atoms with E-state index in [1.807, 2.05) is 0 Å². The predicted octanol–water partition coefficient (Wildman–Crippen LogP) is 0.932. The molecule has 1 aliphatic heterocycles. The van der Waals surface area contributed by atoms with E-state index in [2.05, 4.69) is 34.4 Å². The van der Waals surface area contributed by atoms with E-state index >= 15 is 0 Å². The molecule has 24 heavy (non-hydrogen) atoms. The minimum Gasteiger partial charge on any atom is -0.382 e. The van der Waals surface area contributed by atoms with Crippen LogP contribution in [-0.4, -0.2) is 89.8 Å². The number of methoxy groups -OCH3 is 1. The van der Waals surface area contributed by atoms with E-state index in [1.165, 1.54) is 0 Å². The SMILES string of the molecule is CN=C(NCCCOCCOC)NCC(C)N1CCOCC1C.I. The summed E-state index contributed by atoms with van der Waals surface area (Å²) in [6.45, 7) is 10.8. The Hall–Kier alpha value is -0.160.